The molecule has 19 heavy (non-hydrogen) atoms. The highest BCUT2D eigenvalue weighted by Crippen LogP contribution is 2.22. The summed E-state index contributed by atoms with van der Waals surface area (Å²) in [6, 6.07) is 4.61. The van der Waals surface area contributed by atoms with Crippen LogP contribution in [-0.4, -0.2) is 35.4 Å². The number of alkyl halides is 4. The van der Waals surface area contributed by atoms with Crippen molar-refractivity contribution in [2.45, 2.75) is 13.1 Å². The summed E-state index contributed by atoms with van der Waals surface area (Å²) in [5.74, 6) is -0.670. The predicted octanol–water partition coefficient (Wildman–Crippen LogP) is 4.05. The van der Waals surface area contributed by atoms with Gasteiger partial charge in [0, 0.05) is 22.5 Å². The highest BCUT2D eigenvalue weighted by molar-refractivity contribution is 9.09. The molecule has 0 aromatic heterocycles. The fraction of sp³-hybridized carbons (Fsp3) is 0.417. The van der Waals surface area contributed by atoms with Crippen LogP contribution < -0.4 is 0 Å². The van der Waals surface area contributed by atoms with E-state index in [0.29, 0.717) is 10.6 Å². The van der Waals surface area contributed by atoms with Gasteiger partial charge in [0.15, 0.2) is 0 Å². The molecule has 7 heteroatoms. The van der Waals surface area contributed by atoms with Gasteiger partial charge < -0.3 is 4.90 Å². The SMILES string of the molecule is Cc1c(Cl)cccc1C(=O)N(CCBr)CC(F)(F)F. The highest BCUT2D eigenvalue weighted by atomic mass is 79.9. The van der Waals surface area contributed by atoms with Crippen molar-refractivity contribution in [3.63, 3.8) is 0 Å². The van der Waals surface area contributed by atoms with Gasteiger partial charge >= 0.3 is 6.18 Å². The molecule has 0 saturated carbocycles. The summed E-state index contributed by atoms with van der Waals surface area (Å²) in [6.07, 6.45) is -4.43. The predicted molar refractivity (Wildman–Crippen MR) is 71.9 cm³/mol. The second-order valence-corrected chi connectivity index (χ2v) is 5.14. The van der Waals surface area contributed by atoms with E-state index in [2.05, 4.69) is 15.9 Å². The molecule has 0 unspecified atom stereocenters. The van der Waals surface area contributed by atoms with E-state index >= 15 is 0 Å². The minimum Gasteiger partial charge on any atom is -0.329 e. The van der Waals surface area contributed by atoms with Crippen molar-refractivity contribution in [1.82, 2.24) is 4.90 Å². The van der Waals surface area contributed by atoms with Crippen molar-refractivity contribution in [3.8, 4) is 0 Å². The number of hydrogen-bond donors (Lipinski definition) is 0. The Morgan fingerprint density at radius 3 is 2.58 bits per heavy atom. The minimum absolute atomic E-state index is 0.0235. The van der Waals surface area contributed by atoms with Crippen LogP contribution in [0.4, 0.5) is 13.2 Å². The van der Waals surface area contributed by atoms with Crippen LogP contribution in [0.5, 0.6) is 0 Å². The van der Waals surface area contributed by atoms with Gasteiger partial charge in [0.1, 0.15) is 6.54 Å². The highest BCUT2D eigenvalue weighted by Gasteiger charge is 2.33. The van der Waals surface area contributed by atoms with Gasteiger partial charge in [-0.2, -0.15) is 13.2 Å². The standard InChI is InChI=1S/C12H12BrClF3NO/c1-8-9(3-2-4-10(8)14)11(19)18(6-5-13)7-12(15,16)17/h2-4H,5-7H2,1H3. The van der Waals surface area contributed by atoms with E-state index in [9.17, 15) is 18.0 Å². The van der Waals surface area contributed by atoms with E-state index in [0.717, 1.165) is 4.90 Å². The molecule has 0 spiro atoms. The molecule has 0 aliphatic heterocycles. The summed E-state index contributed by atoms with van der Waals surface area (Å²) >= 11 is 8.91. The largest absolute Gasteiger partial charge is 0.406 e. The fourth-order valence-electron chi connectivity index (χ4n) is 1.58. The van der Waals surface area contributed by atoms with Gasteiger partial charge in [-0.1, -0.05) is 33.6 Å². The van der Waals surface area contributed by atoms with Gasteiger partial charge in [-0.05, 0) is 24.6 Å². The number of benzene rings is 1. The molecule has 0 N–H and O–H groups in total. The molecule has 1 amide bonds. The van der Waals surface area contributed by atoms with Crippen LogP contribution in [0.3, 0.4) is 0 Å². The lowest BCUT2D eigenvalue weighted by molar-refractivity contribution is -0.140. The molecule has 0 heterocycles. The first kappa shape index (κ1) is 16.3. The molecule has 106 valence electrons. The van der Waals surface area contributed by atoms with Crippen molar-refractivity contribution in [2.24, 2.45) is 0 Å². The Morgan fingerprint density at radius 2 is 2.05 bits per heavy atom. The van der Waals surface area contributed by atoms with Crippen LogP contribution in [0.25, 0.3) is 0 Å². The molecule has 0 aliphatic carbocycles. The van der Waals surface area contributed by atoms with E-state index in [-0.39, 0.29) is 17.4 Å². The lowest BCUT2D eigenvalue weighted by Crippen LogP contribution is -2.40. The molecule has 1 rings (SSSR count). The smallest absolute Gasteiger partial charge is 0.329 e. The molecule has 0 saturated heterocycles. The topological polar surface area (TPSA) is 20.3 Å². The van der Waals surface area contributed by atoms with Crippen molar-refractivity contribution in [2.75, 3.05) is 18.4 Å². The molecule has 0 fully saturated rings. The van der Waals surface area contributed by atoms with Gasteiger partial charge in [0.2, 0.25) is 0 Å². The van der Waals surface area contributed by atoms with Crippen molar-refractivity contribution in [3.05, 3.63) is 34.3 Å². The van der Waals surface area contributed by atoms with Crippen LogP contribution >= 0.6 is 27.5 Å². The lowest BCUT2D eigenvalue weighted by atomic mass is 10.1. The number of carbonyl (C=O) groups is 1. The van der Waals surface area contributed by atoms with E-state index in [1.165, 1.54) is 6.07 Å². The van der Waals surface area contributed by atoms with E-state index in [1.807, 2.05) is 0 Å². The van der Waals surface area contributed by atoms with Crippen LogP contribution in [0.1, 0.15) is 15.9 Å². The summed E-state index contributed by atoms with van der Waals surface area (Å²) in [4.78, 5) is 12.9. The fourth-order valence-corrected chi connectivity index (χ4v) is 2.18. The van der Waals surface area contributed by atoms with Gasteiger partial charge in [0.25, 0.3) is 5.91 Å². The number of amides is 1. The molecule has 0 atom stereocenters. The Morgan fingerprint density at radius 1 is 1.42 bits per heavy atom. The van der Waals surface area contributed by atoms with Gasteiger partial charge in [-0.3, -0.25) is 4.79 Å². The molecule has 0 bridgehead atoms. The maximum Gasteiger partial charge on any atom is 0.406 e. The van der Waals surface area contributed by atoms with Crippen LogP contribution in [0.15, 0.2) is 18.2 Å². The minimum atomic E-state index is -4.43. The molecule has 1 aromatic rings. The number of halogens is 5. The Bertz CT molecular complexity index is 465. The Balaban J connectivity index is 3.02. The zero-order valence-electron chi connectivity index (χ0n) is 10.1. The normalized spacial score (nSPS) is 11.5. The van der Waals surface area contributed by atoms with Crippen LogP contribution in [-0.2, 0) is 0 Å². The second-order valence-electron chi connectivity index (χ2n) is 3.94. The average Bonchev–Trinajstić information content (AvgIpc) is 2.30. The summed E-state index contributed by atoms with van der Waals surface area (Å²) in [6.45, 7) is 0.309. The first-order chi connectivity index (χ1) is 8.76. The second kappa shape index (κ2) is 6.61. The van der Waals surface area contributed by atoms with E-state index in [4.69, 9.17) is 11.6 Å². The quantitative estimate of drug-likeness (QED) is 0.744. The number of rotatable bonds is 4. The Hall–Kier alpha value is -0.750. The average molecular weight is 359 g/mol. The van der Waals surface area contributed by atoms with E-state index < -0.39 is 18.6 Å². The Labute approximate surface area is 122 Å². The molecular formula is C12H12BrClF3NO. The van der Waals surface area contributed by atoms with E-state index in [1.54, 1.807) is 19.1 Å². The third kappa shape index (κ3) is 4.69. The number of nitrogens with zero attached hydrogens (tertiary/aromatic N) is 1. The first-order valence-corrected chi connectivity index (χ1v) is 6.93. The van der Waals surface area contributed by atoms with Crippen molar-refractivity contribution >= 4 is 33.4 Å². The lowest BCUT2D eigenvalue weighted by Gasteiger charge is -2.24. The van der Waals surface area contributed by atoms with Crippen molar-refractivity contribution in [1.29, 1.82) is 0 Å². The third-order valence-corrected chi connectivity index (χ3v) is 3.27. The summed E-state index contributed by atoms with van der Waals surface area (Å²) in [7, 11) is 0. The monoisotopic (exact) mass is 357 g/mol. The van der Waals surface area contributed by atoms with Crippen LogP contribution in [0.2, 0.25) is 5.02 Å². The molecule has 0 aliphatic rings. The number of hydrogen-bond acceptors (Lipinski definition) is 1. The van der Waals surface area contributed by atoms with Gasteiger partial charge in [-0.25, -0.2) is 0 Å². The summed E-state index contributed by atoms with van der Waals surface area (Å²) < 4.78 is 37.3. The maximum absolute atomic E-state index is 12.4. The Kier molecular flexibility index (Phi) is 5.67. The summed E-state index contributed by atoms with van der Waals surface area (Å²) in [5.41, 5.74) is 0.675. The van der Waals surface area contributed by atoms with Gasteiger partial charge in [0.05, 0.1) is 0 Å². The van der Waals surface area contributed by atoms with Crippen LogP contribution in [0, 0.1) is 6.92 Å². The zero-order valence-corrected chi connectivity index (χ0v) is 12.4. The van der Waals surface area contributed by atoms with Crippen molar-refractivity contribution < 1.29 is 18.0 Å². The molecule has 2 nitrogen and oxygen atoms in total. The third-order valence-electron chi connectivity index (χ3n) is 2.51. The number of carbonyl (C=O) groups excluding carboxylic acids is 1. The van der Waals surface area contributed by atoms with Gasteiger partial charge in [-0.15, -0.1) is 0 Å². The molecule has 1 aromatic carbocycles. The zero-order chi connectivity index (χ0) is 14.6. The summed E-state index contributed by atoms with van der Waals surface area (Å²) in [5, 5.41) is 0.630. The molecule has 0 radical (unpaired) electrons. The molecular weight excluding hydrogens is 346 g/mol. The first-order valence-electron chi connectivity index (χ1n) is 5.43. The maximum atomic E-state index is 12.4.